The molecule has 0 bridgehead atoms. The smallest absolute Gasteiger partial charge is 0.111 e. The van der Waals surface area contributed by atoms with Crippen molar-refractivity contribution in [3.63, 3.8) is 0 Å². The minimum Gasteiger partial charge on any atom is -0.383 e. The van der Waals surface area contributed by atoms with E-state index in [9.17, 15) is 5.11 Å². The lowest BCUT2D eigenvalue weighted by molar-refractivity contribution is -0.0705. The lowest BCUT2D eigenvalue weighted by Gasteiger charge is -2.32. The van der Waals surface area contributed by atoms with Crippen LogP contribution in [0.15, 0.2) is 24.3 Å². The Morgan fingerprint density at radius 3 is 2.57 bits per heavy atom. The Labute approximate surface area is 127 Å². The molecular formula is C18H25NO2. The Balaban J connectivity index is 1.85. The van der Waals surface area contributed by atoms with Gasteiger partial charge in [-0.1, -0.05) is 26.0 Å². The third kappa shape index (κ3) is 3.19. The Morgan fingerprint density at radius 2 is 1.90 bits per heavy atom. The van der Waals surface area contributed by atoms with Crippen molar-refractivity contribution >= 4 is 5.57 Å². The number of pyridine rings is 1. The van der Waals surface area contributed by atoms with Crippen LogP contribution in [0.3, 0.4) is 0 Å². The molecule has 1 N–H and O–H groups in total. The molecule has 0 atom stereocenters. The predicted octanol–water partition coefficient (Wildman–Crippen LogP) is 3.67. The first kappa shape index (κ1) is 14.7. The van der Waals surface area contributed by atoms with Gasteiger partial charge < -0.3 is 9.84 Å². The van der Waals surface area contributed by atoms with Crippen molar-refractivity contribution in [2.45, 2.75) is 51.6 Å². The van der Waals surface area contributed by atoms with Gasteiger partial charge in [0.25, 0.3) is 0 Å². The highest BCUT2D eigenvalue weighted by Gasteiger charge is 2.33. The first-order valence-electron chi connectivity index (χ1n) is 7.96. The molecule has 0 amide bonds. The van der Waals surface area contributed by atoms with Crippen LogP contribution >= 0.6 is 0 Å². The van der Waals surface area contributed by atoms with E-state index in [-0.39, 0.29) is 0 Å². The van der Waals surface area contributed by atoms with Gasteiger partial charge in [-0.05, 0) is 42.4 Å². The fourth-order valence-electron chi connectivity index (χ4n) is 3.15. The summed E-state index contributed by atoms with van der Waals surface area (Å²) >= 11 is 0. The number of hydrogen-bond donors (Lipinski definition) is 1. The van der Waals surface area contributed by atoms with Crippen LogP contribution in [0.2, 0.25) is 0 Å². The molecular weight excluding hydrogens is 262 g/mol. The monoisotopic (exact) mass is 287 g/mol. The van der Waals surface area contributed by atoms with Gasteiger partial charge in [0.1, 0.15) is 5.60 Å². The first-order valence-corrected chi connectivity index (χ1v) is 7.96. The maximum atomic E-state index is 10.8. The SMILES string of the molecule is CC1(C)CC=C(c2cccc(C3(O)CCOCC3)n2)CC1. The summed E-state index contributed by atoms with van der Waals surface area (Å²) in [6.07, 6.45) is 6.97. The fourth-order valence-corrected chi connectivity index (χ4v) is 3.15. The molecule has 0 unspecified atom stereocenters. The first-order chi connectivity index (χ1) is 9.99. The third-order valence-electron chi connectivity index (χ3n) is 4.85. The molecule has 2 heterocycles. The Hall–Kier alpha value is -1.19. The molecule has 1 aliphatic heterocycles. The zero-order valence-electron chi connectivity index (χ0n) is 13.1. The standard InChI is InChI=1S/C18H25NO2/c1-17(2)8-6-14(7-9-17)15-4-3-5-16(19-15)18(20)10-12-21-13-11-18/h3-6,20H,7-13H2,1-2H3. The second-order valence-corrected chi connectivity index (χ2v) is 7.15. The lowest BCUT2D eigenvalue weighted by atomic mass is 9.77. The highest BCUT2D eigenvalue weighted by molar-refractivity contribution is 5.63. The van der Waals surface area contributed by atoms with Gasteiger partial charge in [0.05, 0.1) is 11.4 Å². The normalized spacial score (nSPS) is 24.4. The zero-order chi connectivity index (χ0) is 14.9. The minimum absolute atomic E-state index is 0.403. The van der Waals surface area contributed by atoms with Crippen molar-refractivity contribution in [1.82, 2.24) is 4.98 Å². The van der Waals surface area contributed by atoms with E-state index in [1.807, 2.05) is 12.1 Å². The van der Waals surface area contributed by atoms with Gasteiger partial charge in [0.15, 0.2) is 0 Å². The minimum atomic E-state index is -0.817. The van der Waals surface area contributed by atoms with Gasteiger partial charge >= 0.3 is 0 Å². The number of aromatic nitrogens is 1. The molecule has 1 fully saturated rings. The fraction of sp³-hybridized carbons (Fsp3) is 0.611. The van der Waals surface area contributed by atoms with Crippen molar-refractivity contribution in [3.8, 4) is 0 Å². The molecule has 2 aliphatic rings. The molecule has 0 radical (unpaired) electrons. The lowest BCUT2D eigenvalue weighted by Crippen LogP contribution is -2.34. The topological polar surface area (TPSA) is 42.4 Å². The Bertz CT molecular complexity index is 542. The van der Waals surface area contributed by atoms with Crippen LogP contribution in [-0.2, 0) is 10.3 Å². The molecule has 0 saturated carbocycles. The quantitative estimate of drug-likeness (QED) is 0.902. The van der Waals surface area contributed by atoms with Crippen LogP contribution in [0.5, 0.6) is 0 Å². The molecule has 3 nitrogen and oxygen atoms in total. The summed E-state index contributed by atoms with van der Waals surface area (Å²) in [5.74, 6) is 0. The van der Waals surface area contributed by atoms with E-state index in [0.717, 1.165) is 24.2 Å². The molecule has 21 heavy (non-hydrogen) atoms. The summed E-state index contributed by atoms with van der Waals surface area (Å²) in [7, 11) is 0. The van der Waals surface area contributed by atoms with Gasteiger partial charge in [0, 0.05) is 26.1 Å². The largest absolute Gasteiger partial charge is 0.383 e. The second-order valence-electron chi connectivity index (χ2n) is 7.15. The average Bonchev–Trinajstić information content (AvgIpc) is 2.48. The summed E-state index contributed by atoms with van der Waals surface area (Å²) < 4.78 is 5.36. The van der Waals surface area contributed by atoms with Crippen LogP contribution in [-0.4, -0.2) is 23.3 Å². The molecule has 0 spiro atoms. The summed E-state index contributed by atoms with van der Waals surface area (Å²) in [6.45, 7) is 5.85. The van der Waals surface area contributed by atoms with Crippen LogP contribution in [0, 0.1) is 5.41 Å². The van der Waals surface area contributed by atoms with Crippen LogP contribution in [0.4, 0.5) is 0 Å². The third-order valence-corrected chi connectivity index (χ3v) is 4.85. The van der Waals surface area contributed by atoms with E-state index >= 15 is 0 Å². The van der Waals surface area contributed by atoms with Gasteiger partial charge in [0.2, 0.25) is 0 Å². The second kappa shape index (κ2) is 5.54. The number of ether oxygens (including phenoxy) is 1. The molecule has 0 aromatic carbocycles. The highest BCUT2D eigenvalue weighted by Crippen LogP contribution is 2.38. The van der Waals surface area contributed by atoms with Gasteiger partial charge in [-0.2, -0.15) is 0 Å². The van der Waals surface area contributed by atoms with Crippen molar-refractivity contribution in [2.24, 2.45) is 5.41 Å². The van der Waals surface area contributed by atoms with Crippen molar-refractivity contribution in [2.75, 3.05) is 13.2 Å². The predicted molar refractivity (Wildman–Crippen MR) is 83.8 cm³/mol. The van der Waals surface area contributed by atoms with Crippen LogP contribution < -0.4 is 0 Å². The van der Waals surface area contributed by atoms with Crippen LogP contribution in [0.25, 0.3) is 5.57 Å². The molecule has 1 aromatic heterocycles. The zero-order valence-corrected chi connectivity index (χ0v) is 13.1. The van der Waals surface area contributed by atoms with E-state index in [1.165, 1.54) is 12.0 Å². The summed E-state index contributed by atoms with van der Waals surface area (Å²) in [5, 5.41) is 10.8. The molecule has 1 aromatic rings. The van der Waals surface area contributed by atoms with Crippen LogP contribution in [0.1, 0.15) is 57.3 Å². The summed E-state index contributed by atoms with van der Waals surface area (Å²) in [6, 6.07) is 6.03. The van der Waals surface area contributed by atoms with Gasteiger partial charge in [-0.3, -0.25) is 4.98 Å². The summed E-state index contributed by atoms with van der Waals surface area (Å²) in [5.41, 5.74) is 2.74. The van der Waals surface area contributed by atoms with Crippen molar-refractivity contribution < 1.29 is 9.84 Å². The van der Waals surface area contributed by atoms with E-state index in [1.54, 1.807) is 0 Å². The van der Waals surface area contributed by atoms with E-state index in [2.05, 4.69) is 26.0 Å². The number of hydrogen-bond acceptors (Lipinski definition) is 3. The average molecular weight is 287 g/mol. The van der Waals surface area contributed by atoms with E-state index < -0.39 is 5.60 Å². The van der Waals surface area contributed by atoms with Crippen molar-refractivity contribution in [3.05, 3.63) is 35.7 Å². The molecule has 3 rings (SSSR count). The molecule has 1 aliphatic carbocycles. The maximum absolute atomic E-state index is 10.8. The van der Waals surface area contributed by atoms with Crippen molar-refractivity contribution in [1.29, 1.82) is 0 Å². The Kier molecular flexibility index (Phi) is 3.89. The summed E-state index contributed by atoms with van der Waals surface area (Å²) in [4.78, 5) is 4.77. The van der Waals surface area contributed by atoms with E-state index in [4.69, 9.17) is 9.72 Å². The number of rotatable bonds is 2. The van der Waals surface area contributed by atoms with E-state index in [0.29, 0.717) is 31.5 Å². The molecule has 3 heteroatoms. The highest BCUT2D eigenvalue weighted by atomic mass is 16.5. The number of allylic oxidation sites excluding steroid dienone is 2. The van der Waals surface area contributed by atoms with Gasteiger partial charge in [-0.15, -0.1) is 0 Å². The Morgan fingerprint density at radius 1 is 1.14 bits per heavy atom. The van der Waals surface area contributed by atoms with Gasteiger partial charge in [-0.25, -0.2) is 0 Å². The maximum Gasteiger partial charge on any atom is 0.111 e. The number of nitrogens with zero attached hydrogens (tertiary/aromatic N) is 1. The molecule has 114 valence electrons. The number of aliphatic hydroxyl groups is 1. The molecule has 1 saturated heterocycles.